The first kappa shape index (κ1) is 18.7. The Morgan fingerprint density at radius 2 is 1.84 bits per heavy atom. The molecule has 1 atom stereocenters. The van der Waals surface area contributed by atoms with Gasteiger partial charge in [0, 0.05) is 19.2 Å². The second kappa shape index (κ2) is 7.98. The number of sulfone groups is 1. The standard InChI is InChI=1S/C17H20N2O5S/c1-12(13-5-7-14(8-6-13)25(2,22)23)19-16(20)9-10-18-17(21)15-4-3-11-24-15/h3-8,11-12H,9-10H2,1-2H3,(H,18,21)(H,19,20). The van der Waals surface area contributed by atoms with Crippen LogP contribution < -0.4 is 10.6 Å². The van der Waals surface area contributed by atoms with E-state index in [9.17, 15) is 18.0 Å². The van der Waals surface area contributed by atoms with E-state index in [-0.39, 0.29) is 41.5 Å². The van der Waals surface area contributed by atoms with Crippen LogP contribution in [-0.2, 0) is 14.6 Å². The van der Waals surface area contributed by atoms with Gasteiger partial charge in [0.05, 0.1) is 17.2 Å². The molecule has 2 N–H and O–H groups in total. The van der Waals surface area contributed by atoms with E-state index in [4.69, 9.17) is 4.42 Å². The fourth-order valence-corrected chi connectivity index (χ4v) is 2.82. The first-order valence-electron chi connectivity index (χ1n) is 7.68. The average molecular weight is 364 g/mol. The molecule has 0 aliphatic rings. The van der Waals surface area contributed by atoms with E-state index in [1.165, 1.54) is 24.5 Å². The van der Waals surface area contributed by atoms with Gasteiger partial charge in [-0.1, -0.05) is 12.1 Å². The second-order valence-corrected chi connectivity index (χ2v) is 7.63. The van der Waals surface area contributed by atoms with Crippen molar-refractivity contribution in [1.82, 2.24) is 10.6 Å². The predicted octanol–water partition coefficient (Wildman–Crippen LogP) is 1.68. The fraction of sp³-hybridized carbons (Fsp3) is 0.294. The maximum atomic E-state index is 11.9. The number of carbonyl (C=O) groups excluding carboxylic acids is 2. The SMILES string of the molecule is CC(NC(=O)CCNC(=O)c1ccco1)c1ccc(S(C)(=O)=O)cc1. The topological polar surface area (TPSA) is 105 Å². The summed E-state index contributed by atoms with van der Waals surface area (Å²) in [5.74, 6) is -0.401. The van der Waals surface area contributed by atoms with Crippen molar-refractivity contribution in [3.8, 4) is 0 Å². The van der Waals surface area contributed by atoms with Gasteiger partial charge >= 0.3 is 0 Å². The van der Waals surface area contributed by atoms with Gasteiger partial charge in [-0.05, 0) is 36.8 Å². The summed E-state index contributed by atoms with van der Waals surface area (Å²) in [6.45, 7) is 1.99. The highest BCUT2D eigenvalue weighted by atomic mass is 32.2. The Morgan fingerprint density at radius 1 is 1.16 bits per heavy atom. The minimum absolute atomic E-state index is 0.123. The largest absolute Gasteiger partial charge is 0.459 e. The Morgan fingerprint density at radius 3 is 2.40 bits per heavy atom. The molecule has 134 valence electrons. The van der Waals surface area contributed by atoms with Crippen LogP contribution in [0.3, 0.4) is 0 Å². The molecule has 7 nitrogen and oxygen atoms in total. The summed E-state index contributed by atoms with van der Waals surface area (Å²) in [7, 11) is -3.24. The third kappa shape index (κ3) is 5.46. The van der Waals surface area contributed by atoms with Gasteiger partial charge in [0.25, 0.3) is 5.91 Å². The van der Waals surface area contributed by atoms with Gasteiger partial charge < -0.3 is 15.1 Å². The van der Waals surface area contributed by atoms with Crippen LogP contribution in [0.5, 0.6) is 0 Å². The quantitative estimate of drug-likeness (QED) is 0.778. The lowest BCUT2D eigenvalue weighted by molar-refractivity contribution is -0.121. The number of benzene rings is 1. The summed E-state index contributed by atoms with van der Waals surface area (Å²) in [5.41, 5.74) is 0.792. The molecular weight excluding hydrogens is 344 g/mol. The van der Waals surface area contributed by atoms with E-state index in [2.05, 4.69) is 10.6 Å². The Kier molecular flexibility index (Phi) is 5.97. The van der Waals surface area contributed by atoms with Gasteiger partial charge in [-0.25, -0.2) is 8.42 Å². The Bertz CT molecular complexity index is 826. The fourth-order valence-electron chi connectivity index (χ4n) is 2.19. The molecule has 0 aliphatic carbocycles. The van der Waals surface area contributed by atoms with Crippen molar-refractivity contribution in [3.63, 3.8) is 0 Å². The second-order valence-electron chi connectivity index (χ2n) is 5.61. The lowest BCUT2D eigenvalue weighted by atomic mass is 10.1. The molecule has 0 spiro atoms. The first-order chi connectivity index (χ1) is 11.8. The molecule has 1 heterocycles. The molecule has 2 amide bonds. The van der Waals surface area contributed by atoms with Gasteiger partial charge in [-0.15, -0.1) is 0 Å². The van der Waals surface area contributed by atoms with Gasteiger partial charge in [0.1, 0.15) is 0 Å². The van der Waals surface area contributed by atoms with Gasteiger partial charge in [0.15, 0.2) is 15.6 Å². The van der Waals surface area contributed by atoms with Gasteiger partial charge in [-0.3, -0.25) is 9.59 Å². The third-order valence-corrected chi connectivity index (χ3v) is 4.70. The summed E-state index contributed by atoms with van der Waals surface area (Å²) in [4.78, 5) is 23.8. The molecule has 0 saturated carbocycles. The van der Waals surface area contributed by atoms with Crippen LogP contribution in [0, 0.1) is 0 Å². The van der Waals surface area contributed by atoms with Crippen molar-refractivity contribution in [2.24, 2.45) is 0 Å². The summed E-state index contributed by atoms with van der Waals surface area (Å²) < 4.78 is 27.8. The molecule has 0 aliphatic heterocycles. The number of hydrogen-bond donors (Lipinski definition) is 2. The molecule has 2 rings (SSSR count). The normalized spacial score (nSPS) is 12.4. The zero-order valence-electron chi connectivity index (χ0n) is 14.0. The monoisotopic (exact) mass is 364 g/mol. The Labute approximate surface area is 146 Å². The molecule has 0 bridgehead atoms. The van der Waals surface area contributed by atoms with E-state index in [0.717, 1.165) is 11.8 Å². The number of amides is 2. The number of hydrogen-bond acceptors (Lipinski definition) is 5. The van der Waals surface area contributed by atoms with Gasteiger partial charge in [0.2, 0.25) is 5.91 Å². The van der Waals surface area contributed by atoms with Crippen LogP contribution in [0.1, 0.15) is 35.5 Å². The minimum atomic E-state index is -3.24. The molecule has 0 fully saturated rings. The zero-order chi connectivity index (χ0) is 18.4. The number of carbonyl (C=O) groups is 2. The lowest BCUT2D eigenvalue weighted by Crippen LogP contribution is -2.32. The summed E-state index contributed by atoms with van der Waals surface area (Å²) in [5, 5.41) is 5.39. The molecule has 25 heavy (non-hydrogen) atoms. The zero-order valence-corrected chi connectivity index (χ0v) is 14.8. The Hall–Kier alpha value is -2.61. The maximum Gasteiger partial charge on any atom is 0.286 e. The van der Waals surface area contributed by atoms with Crippen molar-refractivity contribution < 1.29 is 22.4 Å². The van der Waals surface area contributed by atoms with Crippen molar-refractivity contribution in [2.75, 3.05) is 12.8 Å². The summed E-state index contributed by atoms with van der Waals surface area (Å²) in [6.07, 6.45) is 2.67. The van der Waals surface area contributed by atoms with Crippen LogP contribution >= 0.6 is 0 Å². The Balaban J connectivity index is 1.80. The molecule has 0 radical (unpaired) electrons. The molecule has 1 aromatic heterocycles. The lowest BCUT2D eigenvalue weighted by Gasteiger charge is -2.15. The van der Waals surface area contributed by atoms with Crippen molar-refractivity contribution in [1.29, 1.82) is 0 Å². The van der Waals surface area contributed by atoms with E-state index in [1.54, 1.807) is 25.1 Å². The molecule has 0 saturated heterocycles. The van der Waals surface area contributed by atoms with Gasteiger partial charge in [-0.2, -0.15) is 0 Å². The van der Waals surface area contributed by atoms with Crippen LogP contribution in [0.2, 0.25) is 0 Å². The van der Waals surface area contributed by atoms with E-state index >= 15 is 0 Å². The smallest absolute Gasteiger partial charge is 0.286 e. The number of nitrogens with one attached hydrogen (secondary N) is 2. The van der Waals surface area contributed by atoms with Crippen LogP contribution in [0.25, 0.3) is 0 Å². The maximum absolute atomic E-state index is 11.9. The molecule has 1 aromatic carbocycles. The van der Waals surface area contributed by atoms with E-state index in [0.29, 0.717) is 0 Å². The summed E-state index contributed by atoms with van der Waals surface area (Å²) >= 11 is 0. The minimum Gasteiger partial charge on any atom is -0.459 e. The molecular formula is C17H20N2O5S. The highest BCUT2D eigenvalue weighted by Gasteiger charge is 2.13. The van der Waals surface area contributed by atoms with E-state index in [1.807, 2.05) is 0 Å². The average Bonchev–Trinajstić information content (AvgIpc) is 3.08. The van der Waals surface area contributed by atoms with Crippen LogP contribution in [0.15, 0.2) is 52.0 Å². The summed E-state index contributed by atoms with van der Waals surface area (Å²) in [6, 6.07) is 9.23. The van der Waals surface area contributed by atoms with Crippen molar-refractivity contribution in [3.05, 3.63) is 54.0 Å². The van der Waals surface area contributed by atoms with Crippen LogP contribution in [0.4, 0.5) is 0 Å². The molecule has 1 unspecified atom stereocenters. The van der Waals surface area contributed by atoms with Crippen molar-refractivity contribution >= 4 is 21.7 Å². The van der Waals surface area contributed by atoms with Crippen molar-refractivity contribution in [2.45, 2.75) is 24.3 Å². The molecule has 8 heteroatoms. The predicted molar refractivity (Wildman–Crippen MR) is 91.8 cm³/mol. The highest BCUT2D eigenvalue weighted by molar-refractivity contribution is 7.90. The highest BCUT2D eigenvalue weighted by Crippen LogP contribution is 2.16. The number of rotatable bonds is 7. The van der Waals surface area contributed by atoms with Crippen LogP contribution in [-0.4, -0.2) is 33.0 Å². The van der Waals surface area contributed by atoms with E-state index < -0.39 is 9.84 Å². The number of furan rings is 1. The third-order valence-electron chi connectivity index (χ3n) is 3.57. The molecule has 2 aromatic rings. The first-order valence-corrected chi connectivity index (χ1v) is 9.57.